The first kappa shape index (κ1) is 16.6. The summed E-state index contributed by atoms with van der Waals surface area (Å²) in [6.07, 6.45) is -5.00. The second-order valence-corrected chi connectivity index (χ2v) is 4.32. The van der Waals surface area contributed by atoms with Gasteiger partial charge in [-0.3, -0.25) is 0 Å². The Morgan fingerprint density at radius 2 is 2.00 bits per heavy atom. The first-order valence-corrected chi connectivity index (χ1v) is 6.53. The number of hydrogen-bond acceptors (Lipinski definition) is 3. The highest BCUT2D eigenvalue weighted by Gasteiger charge is 2.26. The molecule has 0 radical (unpaired) electrons. The van der Waals surface area contributed by atoms with Crippen LogP contribution in [0.15, 0.2) is 18.2 Å². The van der Waals surface area contributed by atoms with E-state index < -0.39 is 12.6 Å². The molecule has 0 heterocycles. The van der Waals surface area contributed by atoms with Crippen LogP contribution in [-0.4, -0.2) is 26.4 Å². The van der Waals surface area contributed by atoms with Crippen molar-refractivity contribution in [2.24, 2.45) is 0 Å². The number of hydrogen-bond donors (Lipinski definition) is 1. The largest absolute Gasteiger partial charge is 0.497 e. The van der Waals surface area contributed by atoms with Gasteiger partial charge in [0.05, 0.1) is 13.7 Å². The Morgan fingerprint density at radius 3 is 2.60 bits per heavy atom. The summed E-state index contributed by atoms with van der Waals surface area (Å²) in [5.74, 6) is 1.29. The summed E-state index contributed by atoms with van der Waals surface area (Å²) in [7, 11) is 1.57. The molecule has 0 amide bonds. The van der Waals surface area contributed by atoms with Crippen molar-refractivity contribution in [3.05, 3.63) is 23.8 Å². The summed E-state index contributed by atoms with van der Waals surface area (Å²) in [6.45, 7) is 3.40. The van der Waals surface area contributed by atoms with Gasteiger partial charge >= 0.3 is 6.18 Å². The molecule has 0 fully saturated rings. The molecule has 0 saturated carbocycles. The normalized spacial score (nSPS) is 11.4. The average molecular weight is 291 g/mol. The van der Waals surface area contributed by atoms with Crippen LogP contribution in [0, 0.1) is 0 Å². The predicted octanol–water partition coefficient (Wildman–Crippen LogP) is 3.53. The molecule has 6 heteroatoms. The molecule has 1 aromatic rings. The zero-order valence-electron chi connectivity index (χ0n) is 11.7. The van der Waals surface area contributed by atoms with E-state index in [1.165, 1.54) is 0 Å². The van der Waals surface area contributed by atoms with Crippen molar-refractivity contribution in [1.82, 2.24) is 5.32 Å². The van der Waals surface area contributed by atoms with Crippen LogP contribution in [0.2, 0.25) is 0 Å². The van der Waals surface area contributed by atoms with Gasteiger partial charge < -0.3 is 14.8 Å². The lowest BCUT2D eigenvalue weighted by Gasteiger charge is -2.13. The number of benzene rings is 1. The Kier molecular flexibility index (Phi) is 6.64. The fraction of sp³-hybridized carbons (Fsp3) is 0.571. The molecule has 3 nitrogen and oxygen atoms in total. The molecule has 0 saturated heterocycles. The molecule has 114 valence electrons. The topological polar surface area (TPSA) is 30.5 Å². The number of halogens is 3. The van der Waals surface area contributed by atoms with Crippen molar-refractivity contribution in [2.45, 2.75) is 32.5 Å². The fourth-order valence-electron chi connectivity index (χ4n) is 1.68. The number of methoxy groups -OCH3 is 1. The van der Waals surface area contributed by atoms with Crippen molar-refractivity contribution in [1.29, 1.82) is 0 Å². The lowest BCUT2D eigenvalue weighted by atomic mass is 10.2. The standard InChI is InChI=1S/C14H20F3NO2/c1-3-18-10-11-9-12(19-2)5-6-13(11)20-8-4-7-14(15,16)17/h5-6,9,18H,3-4,7-8,10H2,1-2H3. The van der Waals surface area contributed by atoms with Crippen molar-refractivity contribution >= 4 is 0 Å². The first-order chi connectivity index (χ1) is 9.46. The third kappa shape index (κ3) is 6.14. The third-order valence-electron chi connectivity index (χ3n) is 2.70. The van der Waals surface area contributed by atoms with Gasteiger partial charge in [0, 0.05) is 18.5 Å². The first-order valence-electron chi connectivity index (χ1n) is 6.53. The molecule has 0 aromatic heterocycles. The van der Waals surface area contributed by atoms with Gasteiger partial charge in [-0.25, -0.2) is 0 Å². The maximum Gasteiger partial charge on any atom is 0.389 e. The van der Waals surface area contributed by atoms with Gasteiger partial charge in [-0.15, -0.1) is 0 Å². The summed E-state index contributed by atoms with van der Waals surface area (Å²) in [5.41, 5.74) is 0.873. The highest BCUT2D eigenvalue weighted by molar-refractivity contribution is 5.40. The SMILES string of the molecule is CCNCc1cc(OC)ccc1OCCCC(F)(F)F. The zero-order chi connectivity index (χ0) is 15.0. The van der Waals surface area contributed by atoms with Crippen LogP contribution in [0.3, 0.4) is 0 Å². The second kappa shape index (κ2) is 7.99. The number of ether oxygens (including phenoxy) is 2. The molecule has 0 aliphatic heterocycles. The predicted molar refractivity (Wildman–Crippen MR) is 71.2 cm³/mol. The molecule has 0 unspecified atom stereocenters. The molecule has 0 aliphatic carbocycles. The molecule has 0 aliphatic rings. The van der Waals surface area contributed by atoms with Gasteiger partial charge in [-0.2, -0.15) is 13.2 Å². The highest BCUT2D eigenvalue weighted by atomic mass is 19.4. The van der Waals surface area contributed by atoms with E-state index in [4.69, 9.17) is 9.47 Å². The van der Waals surface area contributed by atoms with Crippen molar-refractivity contribution < 1.29 is 22.6 Å². The van der Waals surface area contributed by atoms with E-state index in [0.717, 1.165) is 12.1 Å². The lowest BCUT2D eigenvalue weighted by Crippen LogP contribution is -2.14. The van der Waals surface area contributed by atoms with E-state index >= 15 is 0 Å². The second-order valence-electron chi connectivity index (χ2n) is 4.32. The molecule has 20 heavy (non-hydrogen) atoms. The van der Waals surface area contributed by atoms with Gasteiger partial charge in [0.2, 0.25) is 0 Å². The quantitative estimate of drug-likeness (QED) is 0.743. The van der Waals surface area contributed by atoms with Crippen LogP contribution in [0.1, 0.15) is 25.3 Å². The van der Waals surface area contributed by atoms with Gasteiger partial charge in [0.15, 0.2) is 0 Å². The summed E-state index contributed by atoms with van der Waals surface area (Å²) < 4.78 is 46.7. The molecule has 1 rings (SSSR count). The Labute approximate surface area is 117 Å². The smallest absolute Gasteiger partial charge is 0.389 e. The number of rotatable bonds is 8. The van der Waals surface area contributed by atoms with E-state index in [1.54, 1.807) is 19.2 Å². The monoisotopic (exact) mass is 291 g/mol. The minimum atomic E-state index is -4.13. The fourth-order valence-corrected chi connectivity index (χ4v) is 1.68. The minimum Gasteiger partial charge on any atom is -0.497 e. The van der Waals surface area contributed by atoms with Crippen LogP contribution in [0.25, 0.3) is 0 Å². The summed E-state index contributed by atoms with van der Waals surface area (Å²) in [6, 6.07) is 5.27. The summed E-state index contributed by atoms with van der Waals surface area (Å²) in [4.78, 5) is 0. The number of alkyl halides is 3. The van der Waals surface area contributed by atoms with Crippen molar-refractivity contribution in [3.8, 4) is 11.5 Å². The van der Waals surface area contributed by atoms with E-state index in [9.17, 15) is 13.2 Å². The van der Waals surface area contributed by atoms with Gasteiger partial charge in [-0.1, -0.05) is 6.92 Å². The van der Waals surface area contributed by atoms with Crippen LogP contribution >= 0.6 is 0 Å². The Bertz CT molecular complexity index is 408. The van der Waals surface area contributed by atoms with E-state index in [1.807, 2.05) is 13.0 Å². The van der Waals surface area contributed by atoms with E-state index in [-0.39, 0.29) is 13.0 Å². The molecule has 0 spiro atoms. The van der Waals surface area contributed by atoms with Crippen LogP contribution in [-0.2, 0) is 6.54 Å². The van der Waals surface area contributed by atoms with Crippen molar-refractivity contribution in [3.63, 3.8) is 0 Å². The molecule has 0 bridgehead atoms. The third-order valence-corrected chi connectivity index (χ3v) is 2.70. The van der Waals surface area contributed by atoms with E-state index in [2.05, 4.69) is 5.32 Å². The zero-order valence-corrected chi connectivity index (χ0v) is 11.7. The summed E-state index contributed by atoms with van der Waals surface area (Å²) >= 11 is 0. The molecular weight excluding hydrogens is 271 g/mol. The van der Waals surface area contributed by atoms with Gasteiger partial charge in [-0.05, 0) is 31.2 Å². The van der Waals surface area contributed by atoms with Crippen LogP contribution in [0.5, 0.6) is 11.5 Å². The minimum absolute atomic E-state index is 0.0455. The Hall–Kier alpha value is -1.43. The molecular formula is C14H20F3NO2. The molecule has 0 atom stereocenters. The Morgan fingerprint density at radius 1 is 1.25 bits per heavy atom. The van der Waals surface area contributed by atoms with Gasteiger partial charge in [0.25, 0.3) is 0 Å². The Balaban J connectivity index is 2.58. The maximum absolute atomic E-state index is 12.0. The van der Waals surface area contributed by atoms with Gasteiger partial charge in [0.1, 0.15) is 11.5 Å². The van der Waals surface area contributed by atoms with E-state index in [0.29, 0.717) is 18.0 Å². The average Bonchev–Trinajstić information content (AvgIpc) is 2.40. The van der Waals surface area contributed by atoms with Crippen LogP contribution < -0.4 is 14.8 Å². The highest BCUT2D eigenvalue weighted by Crippen LogP contribution is 2.25. The van der Waals surface area contributed by atoms with Crippen molar-refractivity contribution in [2.75, 3.05) is 20.3 Å². The molecule has 1 aromatic carbocycles. The molecule has 1 N–H and O–H groups in total. The maximum atomic E-state index is 12.0. The lowest BCUT2D eigenvalue weighted by molar-refractivity contribution is -0.136. The number of nitrogens with one attached hydrogen (secondary N) is 1. The summed E-state index contributed by atoms with van der Waals surface area (Å²) in [5, 5.41) is 3.16. The van der Waals surface area contributed by atoms with Crippen LogP contribution in [0.4, 0.5) is 13.2 Å².